The van der Waals surface area contributed by atoms with Crippen LogP contribution in [-0.2, 0) is 11.8 Å². The van der Waals surface area contributed by atoms with E-state index in [0.29, 0.717) is 13.2 Å². The van der Waals surface area contributed by atoms with Gasteiger partial charge in [0.25, 0.3) is 0 Å². The van der Waals surface area contributed by atoms with Crippen molar-refractivity contribution >= 4 is 16.9 Å². The van der Waals surface area contributed by atoms with Gasteiger partial charge in [-0.1, -0.05) is 0 Å². The minimum Gasteiger partial charge on any atom is -0.377 e. The zero-order valence-corrected chi connectivity index (χ0v) is 16.9. The third kappa shape index (κ3) is 3.07. The number of H-pyrrole nitrogens is 1. The van der Waals surface area contributed by atoms with Crippen LogP contribution >= 0.6 is 0 Å². The SMILES string of the molecule is Cc1cnn(C)c1-c1cc(-c2ccnc3[nH]ccc23)nc(N2CCOC[C@H]2C)c1. The first-order valence-electron chi connectivity index (χ1n) is 9.90. The number of aromatic nitrogens is 5. The Morgan fingerprint density at radius 2 is 2.14 bits per heavy atom. The number of fused-ring (bicyclic) bond motifs is 1. The van der Waals surface area contributed by atoms with Crippen LogP contribution in [0.3, 0.4) is 0 Å². The number of nitrogens with one attached hydrogen (secondary N) is 1. The maximum atomic E-state index is 5.64. The van der Waals surface area contributed by atoms with Gasteiger partial charge in [0.2, 0.25) is 0 Å². The van der Waals surface area contributed by atoms with Gasteiger partial charge in [0, 0.05) is 42.5 Å². The molecule has 29 heavy (non-hydrogen) atoms. The lowest BCUT2D eigenvalue weighted by molar-refractivity contribution is 0.0985. The summed E-state index contributed by atoms with van der Waals surface area (Å²) in [4.78, 5) is 15.0. The van der Waals surface area contributed by atoms with Gasteiger partial charge < -0.3 is 14.6 Å². The fourth-order valence-electron chi connectivity index (χ4n) is 4.15. The normalized spacial score (nSPS) is 17.2. The van der Waals surface area contributed by atoms with E-state index in [-0.39, 0.29) is 6.04 Å². The molecule has 7 heteroatoms. The summed E-state index contributed by atoms with van der Waals surface area (Å²) >= 11 is 0. The van der Waals surface area contributed by atoms with Gasteiger partial charge in [0.05, 0.1) is 36.8 Å². The number of rotatable bonds is 3. The molecule has 0 aliphatic carbocycles. The number of ether oxygens (including phenoxy) is 1. The predicted molar refractivity (Wildman–Crippen MR) is 114 cm³/mol. The Morgan fingerprint density at radius 1 is 1.24 bits per heavy atom. The first-order valence-corrected chi connectivity index (χ1v) is 9.90. The third-order valence-corrected chi connectivity index (χ3v) is 5.61. The topological polar surface area (TPSA) is 71.9 Å². The van der Waals surface area contributed by atoms with Crippen molar-refractivity contribution in [1.29, 1.82) is 0 Å². The molecule has 0 aromatic carbocycles. The Balaban J connectivity index is 1.73. The summed E-state index contributed by atoms with van der Waals surface area (Å²) in [5.41, 5.74) is 6.24. The van der Waals surface area contributed by atoms with Crippen molar-refractivity contribution in [3.63, 3.8) is 0 Å². The fraction of sp³-hybridized carbons (Fsp3) is 0.318. The Labute approximate surface area is 169 Å². The zero-order valence-electron chi connectivity index (χ0n) is 16.9. The van der Waals surface area contributed by atoms with Crippen molar-refractivity contribution in [1.82, 2.24) is 24.7 Å². The number of aromatic amines is 1. The second-order valence-electron chi connectivity index (χ2n) is 7.61. The van der Waals surface area contributed by atoms with E-state index >= 15 is 0 Å². The molecule has 1 aliphatic heterocycles. The van der Waals surface area contributed by atoms with E-state index in [9.17, 15) is 0 Å². The molecule has 4 aromatic heterocycles. The molecule has 0 amide bonds. The van der Waals surface area contributed by atoms with Gasteiger partial charge in [0.1, 0.15) is 11.5 Å². The Bertz CT molecular complexity index is 1160. The van der Waals surface area contributed by atoms with Gasteiger partial charge in [-0.2, -0.15) is 5.10 Å². The molecule has 0 spiro atoms. The third-order valence-electron chi connectivity index (χ3n) is 5.61. The summed E-state index contributed by atoms with van der Waals surface area (Å²) in [5, 5.41) is 5.51. The largest absolute Gasteiger partial charge is 0.377 e. The van der Waals surface area contributed by atoms with E-state index < -0.39 is 0 Å². The first-order chi connectivity index (χ1) is 14.1. The van der Waals surface area contributed by atoms with E-state index in [2.05, 4.69) is 52.0 Å². The van der Waals surface area contributed by atoms with E-state index in [1.165, 1.54) is 0 Å². The van der Waals surface area contributed by atoms with Crippen LogP contribution in [0.1, 0.15) is 12.5 Å². The molecular weight excluding hydrogens is 364 g/mol. The van der Waals surface area contributed by atoms with Gasteiger partial charge in [-0.05, 0) is 43.7 Å². The van der Waals surface area contributed by atoms with Crippen LogP contribution in [0.2, 0.25) is 0 Å². The number of anilines is 1. The van der Waals surface area contributed by atoms with Crippen LogP contribution in [0.25, 0.3) is 33.5 Å². The average molecular weight is 388 g/mol. The number of aryl methyl sites for hydroxylation is 2. The number of pyridine rings is 2. The molecule has 1 saturated heterocycles. The van der Waals surface area contributed by atoms with Crippen LogP contribution < -0.4 is 4.90 Å². The maximum Gasteiger partial charge on any atom is 0.137 e. The maximum absolute atomic E-state index is 5.64. The highest BCUT2D eigenvalue weighted by molar-refractivity contribution is 5.93. The molecule has 1 atom stereocenters. The summed E-state index contributed by atoms with van der Waals surface area (Å²) in [6.45, 7) is 6.53. The van der Waals surface area contributed by atoms with Crippen LogP contribution in [0, 0.1) is 6.92 Å². The minimum atomic E-state index is 0.275. The fourth-order valence-corrected chi connectivity index (χ4v) is 4.15. The van der Waals surface area contributed by atoms with E-state index in [0.717, 1.165) is 51.5 Å². The van der Waals surface area contributed by atoms with Crippen molar-refractivity contribution in [2.75, 3.05) is 24.7 Å². The minimum absolute atomic E-state index is 0.275. The van der Waals surface area contributed by atoms with Crippen LogP contribution in [0.5, 0.6) is 0 Å². The Morgan fingerprint density at radius 3 is 2.93 bits per heavy atom. The molecule has 5 heterocycles. The van der Waals surface area contributed by atoms with E-state index in [4.69, 9.17) is 9.72 Å². The highest BCUT2D eigenvalue weighted by atomic mass is 16.5. The molecule has 0 saturated carbocycles. The van der Waals surface area contributed by atoms with E-state index in [1.54, 1.807) is 0 Å². The monoisotopic (exact) mass is 388 g/mol. The van der Waals surface area contributed by atoms with Crippen molar-refractivity contribution in [2.45, 2.75) is 19.9 Å². The second-order valence-corrected chi connectivity index (χ2v) is 7.61. The number of morpholine rings is 1. The predicted octanol–water partition coefficient (Wildman–Crippen LogP) is 3.56. The van der Waals surface area contributed by atoms with Crippen molar-refractivity contribution < 1.29 is 4.74 Å². The molecular formula is C22H24N6O. The highest BCUT2D eigenvalue weighted by Gasteiger charge is 2.23. The Hall–Kier alpha value is -3.19. The molecule has 1 aliphatic rings. The molecule has 4 aromatic rings. The molecule has 0 bridgehead atoms. The van der Waals surface area contributed by atoms with Gasteiger partial charge in [-0.3, -0.25) is 4.68 Å². The van der Waals surface area contributed by atoms with Crippen molar-refractivity contribution in [2.24, 2.45) is 7.05 Å². The molecule has 1 fully saturated rings. The van der Waals surface area contributed by atoms with Gasteiger partial charge in [0.15, 0.2) is 0 Å². The standard InChI is InChI=1S/C22H24N6O/c1-14-12-25-27(3)21(14)16-10-19(17-4-6-23-22-18(17)5-7-24-22)26-20(11-16)28-8-9-29-13-15(28)2/h4-7,10-12,15H,8-9,13H2,1-3H3,(H,23,24)/t15-/m1/s1. The summed E-state index contributed by atoms with van der Waals surface area (Å²) in [6.07, 6.45) is 5.65. The zero-order chi connectivity index (χ0) is 20.0. The highest BCUT2D eigenvalue weighted by Crippen LogP contribution is 2.34. The van der Waals surface area contributed by atoms with Crippen molar-refractivity contribution in [3.8, 4) is 22.5 Å². The first kappa shape index (κ1) is 17.9. The van der Waals surface area contributed by atoms with E-state index in [1.807, 2.05) is 36.4 Å². The molecule has 7 nitrogen and oxygen atoms in total. The molecule has 5 rings (SSSR count). The summed E-state index contributed by atoms with van der Waals surface area (Å²) < 4.78 is 7.57. The molecule has 148 valence electrons. The van der Waals surface area contributed by atoms with Crippen LogP contribution in [0.15, 0.2) is 42.9 Å². The van der Waals surface area contributed by atoms with Crippen LogP contribution in [0.4, 0.5) is 5.82 Å². The van der Waals surface area contributed by atoms with Gasteiger partial charge in [-0.25, -0.2) is 9.97 Å². The molecule has 0 radical (unpaired) electrons. The summed E-state index contributed by atoms with van der Waals surface area (Å²) in [5.74, 6) is 0.967. The number of hydrogen-bond donors (Lipinski definition) is 1. The van der Waals surface area contributed by atoms with Crippen molar-refractivity contribution in [3.05, 3.63) is 48.4 Å². The summed E-state index contributed by atoms with van der Waals surface area (Å²) in [7, 11) is 1.98. The molecule has 1 N–H and O–H groups in total. The van der Waals surface area contributed by atoms with Crippen LogP contribution in [-0.4, -0.2) is 50.5 Å². The second kappa shape index (κ2) is 7.00. The quantitative estimate of drug-likeness (QED) is 0.581. The number of nitrogens with zero attached hydrogens (tertiary/aromatic N) is 5. The lowest BCUT2D eigenvalue weighted by atomic mass is 10.0. The van der Waals surface area contributed by atoms with Gasteiger partial charge in [-0.15, -0.1) is 0 Å². The summed E-state index contributed by atoms with van der Waals surface area (Å²) in [6, 6.07) is 8.69. The lowest BCUT2D eigenvalue weighted by Crippen LogP contribution is -2.44. The average Bonchev–Trinajstić information content (AvgIpc) is 3.34. The Kier molecular flexibility index (Phi) is 4.32. The smallest absolute Gasteiger partial charge is 0.137 e. The number of hydrogen-bond acceptors (Lipinski definition) is 5. The lowest BCUT2D eigenvalue weighted by Gasteiger charge is -2.34. The molecule has 0 unspecified atom stereocenters. The van der Waals surface area contributed by atoms with Gasteiger partial charge >= 0.3 is 0 Å².